The van der Waals surface area contributed by atoms with Crippen molar-refractivity contribution in [3.05, 3.63) is 88.9 Å². The van der Waals surface area contributed by atoms with Crippen molar-refractivity contribution >= 4 is 39.1 Å². The molecule has 1 atom stereocenters. The van der Waals surface area contributed by atoms with Gasteiger partial charge in [0.05, 0.1) is 26.2 Å². The molecule has 3 aromatic carbocycles. The van der Waals surface area contributed by atoms with Crippen molar-refractivity contribution in [3.63, 3.8) is 0 Å². The number of methoxy groups -OCH3 is 2. The van der Waals surface area contributed by atoms with E-state index in [0.29, 0.717) is 16.3 Å². The van der Waals surface area contributed by atoms with Gasteiger partial charge in [-0.05, 0) is 42.2 Å². The van der Waals surface area contributed by atoms with Crippen LogP contribution in [0.3, 0.4) is 0 Å². The summed E-state index contributed by atoms with van der Waals surface area (Å²) >= 11 is 6.54. The number of carbonyl (C=O) groups is 2. The van der Waals surface area contributed by atoms with E-state index in [2.05, 4.69) is 5.32 Å². The number of amides is 2. The fourth-order valence-corrected chi connectivity index (χ4v) is 6.54. The SMILES string of the molecule is COc1ccc(N(CC(=O)N(Cc2ccccc2Cl)C(Cc2ccccc2)C(=O)NC2CCCCC2)S(C)(=O)=O)c(OC)c1. The molecular weight excluding hydrogens is 602 g/mol. The minimum Gasteiger partial charge on any atom is -0.497 e. The Morgan fingerprint density at radius 3 is 2.27 bits per heavy atom. The number of ether oxygens (including phenoxy) is 2. The molecule has 9 nitrogen and oxygen atoms in total. The van der Waals surface area contributed by atoms with Crippen molar-refractivity contribution < 1.29 is 27.5 Å². The zero-order chi connectivity index (χ0) is 31.7. The molecule has 3 aromatic rings. The van der Waals surface area contributed by atoms with Crippen LogP contribution in [0.15, 0.2) is 72.8 Å². The Morgan fingerprint density at radius 2 is 1.64 bits per heavy atom. The lowest BCUT2D eigenvalue weighted by Gasteiger charge is -2.35. The summed E-state index contributed by atoms with van der Waals surface area (Å²) in [6.45, 7) is -0.556. The summed E-state index contributed by atoms with van der Waals surface area (Å²) in [6.07, 6.45) is 6.21. The second kappa shape index (κ2) is 15.3. The molecule has 1 aliphatic rings. The number of benzene rings is 3. The van der Waals surface area contributed by atoms with Gasteiger partial charge in [-0.3, -0.25) is 13.9 Å². The summed E-state index contributed by atoms with van der Waals surface area (Å²) in [5.41, 5.74) is 1.68. The third-order valence-electron chi connectivity index (χ3n) is 7.86. The molecule has 1 saturated carbocycles. The molecule has 4 rings (SSSR count). The normalized spacial score (nSPS) is 14.4. The Balaban J connectivity index is 1.76. The maximum atomic E-state index is 14.4. The smallest absolute Gasteiger partial charge is 0.244 e. The molecule has 1 N–H and O–H groups in total. The van der Waals surface area contributed by atoms with Crippen molar-refractivity contribution in [1.82, 2.24) is 10.2 Å². The second-order valence-corrected chi connectivity index (χ2v) is 13.3. The average molecular weight is 642 g/mol. The van der Waals surface area contributed by atoms with Crippen molar-refractivity contribution in [3.8, 4) is 11.5 Å². The molecule has 0 bridgehead atoms. The number of anilines is 1. The minimum atomic E-state index is -3.97. The summed E-state index contributed by atoms with van der Waals surface area (Å²) in [4.78, 5) is 29.9. The molecule has 0 spiro atoms. The fraction of sp³-hybridized carbons (Fsp3) is 0.394. The number of halogens is 1. The Kier molecular flexibility index (Phi) is 11.5. The fourth-order valence-electron chi connectivity index (χ4n) is 5.49. The third-order valence-corrected chi connectivity index (χ3v) is 9.35. The molecule has 0 radical (unpaired) electrons. The number of nitrogens with one attached hydrogen (secondary N) is 1. The zero-order valence-electron chi connectivity index (χ0n) is 25.4. The lowest BCUT2D eigenvalue weighted by Crippen LogP contribution is -2.55. The Hall–Kier alpha value is -3.76. The van der Waals surface area contributed by atoms with Crippen molar-refractivity contribution in [2.24, 2.45) is 0 Å². The van der Waals surface area contributed by atoms with E-state index in [0.717, 1.165) is 48.2 Å². The number of rotatable bonds is 13. The molecule has 2 amide bonds. The zero-order valence-corrected chi connectivity index (χ0v) is 26.9. The van der Waals surface area contributed by atoms with E-state index in [1.807, 2.05) is 36.4 Å². The minimum absolute atomic E-state index is 0.00540. The van der Waals surface area contributed by atoms with Gasteiger partial charge >= 0.3 is 0 Å². The summed E-state index contributed by atoms with van der Waals surface area (Å²) < 4.78 is 38.0. The molecule has 11 heteroatoms. The highest BCUT2D eigenvalue weighted by atomic mass is 35.5. The third kappa shape index (κ3) is 8.66. The van der Waals surface area contributed by atoms with E-state index >= 15 is 0 Å². The van der Waals surface area contributed by atoms with Crippen LogP contribution in [0.2, 0.25) is 5.02 Å². The van der Waals surface area contributed by atoms with Gasteiger partial charge in [-0.2, -0.15) is 0 Å². The summed E-state index contributed by atoms with van der Waals surface area (Å²) in [5.74, 6) is -0.161. The quantitative estimate of drug-likeness (QED) is 0.275. The Morgan fingerprint density at radius 1 is 0.955 bits per heavy atom. The van der Waals surface area contributed by atoms with E-state index in [1.165, 1.54) is 25.2 Å². The van der Waals surface area contributed by atoms with E-state index < -0.39 is 28.5 Å². The van der Waals surface area contributed by atoms with Gasteiger partial charge in [0.15, 0.2) is 0 Å². The first-order valence-electron chi connectivity index (χ1n) is 14.7. The van der Waals surface area contributed by atoms with E-state index in [-0.39, 0.29) is 36.4 Å². The highest BCUT2D eigenvalue weighted by Gasteiger charge is 2.35. The largest absolute Gasteiger partial charge is 0.497 e. The highest BCUT2D eigenvalue weighted by molar-refractivity contribution is 7.92. The number of nitrogens with zero attached hydrogens (tertiary/aromatic N) is 2. The average Bonchev–Trinajstić information content (AvgIpc) is 3.02. The first-order valence-corrected chi connectivity index (χ1v) is 16.9. The van der Waals surface area contributed by atoms with Crippen LogP contribution < -0.4 is 19.1 Å². The van der Waals surface area contributed by atoms with Crippen LogP contribution in [0.1, 0.15) is 43.2 Å². The lowest BCUT2D eigenvalue weighted by atomic mass is 9.94. The topological polar surface area (TPSA) is 105 Å². The number of hydrogen-bond donors (Lipinski definition) is 1. The van der Waals surface area contributed by atoms with Gasteiger partial charge in [0, 0.05) is 30.1 Å². The maximum Gasteiger partial charge on any atom is 0.244 e. The van der Waals surface area contributed by atoms with Crippen LogP contribution in [0.4, 0.5) is 5.69 Å². The van der Waals surface area contributed by atoms with E-state index in [1.54, 1.807) is 30.3 Å². The summed E-state index contributed by atoms with van der Waals surface area (Å²) in [5, 5.41) is 3.63. The van der Waals surface area contributed by atoms with Crippen LogP contribution in [0.5, 0.6) is 11.5 Å². The van der Waals surface area contributed by atoms with Gasteiger partial charge in [0.2, 0.25) is 21.8 Å². The van der Waals surface area contributed by atoms with Crippen molar-refractivity contribution in [2.75, 3.05) is 31.3 Å². The molecule has 1 aliphatic carbocycles. The van der Waals surface area contributed by atoms with Crippen molar-refractivity contribution in [1.29, 1.82) is 0 Å². The van der Waals surface area contributed by atoms with Crippen LogP contribution >= 0.6 is 11.6 Å². The number of sulfonamides is 1. The molecule has 0 aromatic heterocycles. The van der Waals surface area contributed by atoms with Gasteiger partial charge in [0.1, 0.15) is 24.1 Å². The van der Waals surface area contributed by atoms with Crippen LogP contribution in [-0.4, -0.2) is 64.2 Å². The lowest BCUT2D eigenvalue weighted by molar-refractivity contribution is -0.140. The summed E-state index contributed by atoms with van der Waals surface area (Å²) in [7, 11) is -1.07. The molecule has 0 aliphatic heterocycles. The number of carbonyl (C=O) groups excluding carboxylic acids is 2. The standard InChI is InChI=1S/C33H40ClN3O6S/c1-42-27-18-19-29(31(21-27)43-2)37(44(3,40)41)23-32(38)36(22-25-14-10-11-17-28(25)34)30(20-24-12-6-4-7-13-24)33(39)35-26-15-8-5-9-16-26/h4,6-7,10-14,17-19,21,26,30H,5,8-9,15-16,20,22-23H2,1-3H3,(H,35,39). The van der Waals surface area contributed by atoms with Gasteiger partial charge in [-0.15, -0.1) is 0 Å². The molecule has 1 fully saturated rings. The van der Waals surface area contributed by atoms with Gasteiger partial charge in [-0.25, -0.2) is 8.42 Å². The monoisotopic (exact) mass is 641 g/mol. The number of hydrogen-bond acceptors (Lipinski definition) is 6. The Labute approximate surface area is 265 Å². The van der Waals surface area contributed by atoms with E-state index in [9.17, 15) is 18.0 Å². The van der Waals surface area contributed by atoms with Gasteiger partial charge in [0.25, 0.3) is 0 Å². The van der Waals surface area contributed by atoms with Crippen molar-refractivity contribution in [2.45, 2.75) is 57.2 Å². The maximum absolute atomic E-state index is 14.4. The van der Waals surface area contributed by atoms with Crippen LogP contribution in [0.25, 0.3) is 0 Å². The Bertz CT molecular complexity index is 1530. The summed E-state index contributed by atoms with van der Waals surface area (Å²) in [6, 6.07) is 20.3. The predicted octanol–water partition coefficient (Wildman–Crippen LogP) is 5.21. The first-order chi connectivity index (χ1) is 21.1. The molecule has 44 heavy (non-hydrogen) atoms. The molecule has 0 heterocycles. The highest BCUT2D eigenvalue weighted by Crippen LogP contribution is 2.34. The molecule has 236 valence electrons. The van der Waals surface area contributed by atoms with Gasteiger partial charge in [-0.1, -0.05) is 79.4 Å². The predicted molar refractivity (Wildman–Crippen MR) is 173 cm³/mol. The molecule has 1 unspecified atom stereocenters. The second-order valence-electron chi connectivity index (χ2n) is 11.0. The molecule has 0 saturated heterocycles. The van der Waals surface area contributed by atoms with E-state index in [4.69, 9.17) is 21.1 Å². The first kappa shape index (κ1) is 33.1. The van der Waals surface area contributed by atoms with Crippen LogP contribution in [-0.2, 0) is 32.6 Å². The van der Waals surface area contributed by atoms with Gasteiger partial charge < -0.3 is 19.7 Å². The molecular formula is C33H40ClN3O6S. The van der Waals surface area contributed by atoms with Crippen LogP contribution in [0, 0.1) is 0 Å².